The van der Waals surface area contributed by atoms with E-state index in [-0.39, 0.29) is 0 Å². The fourth-order valence-corrected chi connectivity index (χ4v) is 2.19. The van der Waals surface area contributed by atoms with Gasteiger partial charge in [0, 0.05) is 19.0 Å². The van der Waals surface area contributed by atoms with Crippen molar-refractivity contribution in [3.63, 3.8) is 0 Å². The van der Waals surface area contributed by atoms with Crippen molar-refractivity contribution in [1.82, 2.24) is 9.78 Å². The van der Waals surface area contributed by atoms with Crippen molar-refractivity contribution in [3.05, 3.63) is 35.5 Å². The molecule has 4 heteroatoms. The smallest absolute Gasteiger partial charge is 0.122 e. The number of hydrogen-bond donors (Lipinski definition) is 1. The first-order valence-corrected chi connectivity index (χ1v) is 6.62. The highest BCUT2D eigenvalue weighted by Crippen LogP contribution is 2.26. The summed E-state index contributed by atoms with van der Waals surface area (Å²) in [6, 6.07) is 8.32. The average Bonchev–Trinajstić information content (AvgIpc) is 2.74. The van der Waals surface area contributed by atoms with E-state index in [0.717, 1.165) is 34.7 Å². The minimum atomic E-state index is 0.624. The number of benzene rings is 1. The molecule has 2 rings (SSSR count). The summed E-state index contributed by atoms with van der Waals surface area (Å²) in [5.41, 5.74) is 10.0. The quantitative estimate of drug-likeness (QED) is 0.896. The second-order valence-electron chi connectivity index (χ2n) is 4.60. The van der Waals surface area contributed by atoms with Crippen molar-refractivity contribution in [2.75, 3.05) is 13.2 Å². The molecule has 19 heavy (non-hydrogen) atoms. The maximum absolute atomic E-state index is 5.57. The Morgan fingerprint density at radius 2 is 2.11 bits per heavy atom. The summed E-state index contributed by atoms with van der Waals surface area (Å²) < 4.78 is 7.47. The van der Waals surface area contributed by atoms with Crippen molar-refractivity contribution >= 4 is 0 Å². The van der Waals surface area contributed by atoms with Crippen LogP contribution in [0.2, 0.25) is 0 Å². The molecule has 102 valence electrons. The van der Waals surface area contributed by atoms with Gasteiger partial charge in [-0.25, -0.2) is 0 Å². The Morgan fingerprint density at radius 1 is 1.32 bits per heavy atom. The van der Waals surface area contributed by atoms with Crippen LogP contribution in [-0.4, -0.2) is 22.9 Å². The molecule has 0 atom stereocenters. The number of aromatic nitrogens is 2. The highest BCUT2D eigenvalue weighted by atomic mass is 16.5. The number of aryl methyl sites for hydroxylation is 2. The van der Waals surface area contributed by atoms with Crippen LogP contribution in [0.15, 0.2) is 24.3 Å². The Morgan fingerprint density at radius 3 is 2.74 bits per heavy atom. The van der Waals surface area contributed by atoms with Gasteiger partial charge in [-0.2, -0.15) is 5.10 Å². The standard InChI is InChI=1S/C15H21N3O/c1-4-19-15-6-5-12(9-11(15)2)14-10-13(7-8-16)17-18(14)3/h5-6,9-10H,4,7-8,16H2,1-3H3. The van der Waals surface area contributed by atoms with Gasteiger partial charge in [-0.05, 0) is 50.2 Å². The van der Waals surface area contributed by atoms with Crippen molar-refractivity contribution in [1.29, 1.82) is 0 Å². The zero-order valence-electron chi connectivity index (χ0n) is 11.8. The molecule has 0 unspecified atom stereocenters. The van der Waals surface area contributed by atoms with Crippen LogP contribution >= 0.6 is 0 Å². The van der Waals surface area contributed by atoms with E-state index in [1.165, 1.54) is 0 Å². The van der Waals surface area contributed by atoms with Crippen molar-refractivity contribution in [2.24, 2.45) is 12.8 Å². The molecule has 2 N–H and O–H groups in total. The summed E-state index contributed by atoms with van der Waals surface area (Å²) in [6.07, 6.45) is 0.809. The molecule has 0 aliphatic heterocycles. The molecule has 4 nitrogen and oxygen atoms in total. The molecule has 1 heterocycles. The Kier molecular flexibility index (Phi) is 4.22. The van der Waals surface area contributed by atoms with Crippen molar-refractivity contribution < 1.29 is 4.74 Å². The number of rotatable bonds is 5. The maximum atomic E-state index is 5.57. The summed E-state index contributed by atoms with van der Waals surface area (Å²) in [4.78, 5) is 0. The summed E-state index contributed by atoms with van der Waals surface area (Å²) in [5.74, 6) is 0.940. The molecule has 0 spiro atoms. The van der Waals surface area contributed by atoms with Crippen LogP contribution in [0.4, 0.5) is 0 Å². The molecule has 0 saturated heterocycles. The van der Waals surface area contributed by atoms with Gasteiger partial charge >= 0.3 is 0 Å². The number of ether oxygens (including phenoxy) is 1. The van der Waals surface area contributed by atoms with Crippen LogP contribution in [0.25, 0.3) is 11.3 Å². The zero-order valence-corrected chi connectivity index (χ0v) is 11.8. The van der Waals surface area contributed by atoms with Gasteiger partial charge in [0.2, 0.25) is 0 Å². The van der Waals surface area contributed by atoms with Crippen molar-refractivity contribution in [2.45, 2.75) is 20.3 Å². The van der Waals surface area contributed by atoms with Gasteiger partial charge in [-0.3, -0.25) is 4.68 Å². The Hall–Kier alpha value is -1.81. The third kappa shape index (κ3) is 2.96. The minimum absolute atomic E-state index is 0.624. The fraction of sp³-hybridized carbons (Fsp3) is 0.400. The predicted octanol–water partition coefficient (Wildman–Crippen LogP) is 2.30. The van der Waals surface area contributed by atoms with Gasteiger partial charge in [-0.15, -0.1) is 0 Å². The molecule has 2 aromatic rings. The van der Waals surface area contributed by atoms with Gasteiger partial charge < -0.3 is 10.5 Å². The lowest BCUT2D eigenvalue weighted by molar-refractivity contribution is 0.338. The number of nitrogens with two attached hydrogens (primary N) is 1. The third-order valence-corrected chi connectivity index (χ3v) is 3.10. The Labute approximate surface area is 114 Å². The largest absolute Gasteiger partial charge is 0.494 e. The summed E-state index contributed by atoms with van der Waals surface area (Å²) in [5, 5.41) is 4.47. The van der Waals surface area contributed by atoms with Crippen LogP contribution in [-0.2, 0) is 13.5 Å². The van der Waals surface area contributed by atoms with Gasteiger partial charge in [-0.1, -0.05) is 0 Å². The van der Waals surface area contributed by atoms with E-state index in [2.05, 4.69) is 30.2 Å². The summed E-state index contributed by atoms with van der Waals surface area (Å²) >= 11 is 0. The topological polar surface area (TPSA) is 53.1 Å². The van der Waals surface area contributed by atoms with E-state index in [0.29, 0.717) is 13.2 Å². The van der Waals surface area contributed by atoms with Gasteiger partial charge in [0.25, 0.3) is 0 Å². The lowest BCUT2D eigenvalue weighted by Crippen LogP contribution is -2.03. The zero-order chi connectivity index (χ0) is 13.8. The molecular formula is C15H21N3O. The first kappa shape index (κ1) is 13.6. The van der Waals surface area contributed by atoms with Gasteiger partial charge in [0.15, 0.2) is 0 Å². The number of hydrogen-bond acceptors (Lipinski definition) is 3. The lowest BCUT2D eigenvalue weighted by atomic mass is 10.1. The molecular weight excluding hydrogens is 238 g/mol. The minimum Gasteiger partial charge on any atom is -0.494 e. The van der Waals surface area contributed by atoms with E-state index in [4.69, 9.17) is 10.5 Å². The first-order chi connectivity index (χ1) is 9.15. The molecule has 1 aromatic heterocycles. The van der Waals surface area contributed by atoms with E-state index in [9.17, 15) is 0 Å². The highest BCUT2D eigenvalue weighted by molar-refractivity contribution is 5.62. The molecule has 0 bridgehead atoms. The summed E-state index contributed by atoms with van der Waals surface area (Å²) in [6.45, 7) is 5.37. The number of nitrogens with zero attached hydrogens (tertiary/aromatic N) is 2. The SMILES string of the molecule is CCOc1ccc(-c2cc(CCN)nn2C)cc1C. The molecule has 1 aromatic carbocycles. The Balaban J connectivity index is 2.33. The maximum Gasteiger partial charge on any atom is 0.122 e. The van der Waals surface area contributed by atoms with E-state index in [1.54, 1.807) is 0 Å². The normalized spacial score (nSPS) is 10.7. The Bertz CT molecular complexity index is 561. The first-order valence-electron chi connectivity index (χ1n) is 6.62. The second-order valence-corrected chi connectivity index (χ2v) is 4.60. The van der Waals surface area contributed by atoms with Crippen LogP contribution in [0.5, 0.6) is 5.75 Å². The second kappa shape index (κ2) is 5.89. The molecule has 0 fully saturated rings. The van der Waals surface area contributed by atoms with E-state index in [1.807, 2.05) is 24.7 Å². The molecule has 0 aliphatic rings. The molecule has 0 aliphatic carbocycles. The van der Waals surface area contributed by atoms with Crippen LogP contribution in [0, 0.1) is 6.92 Å². The molecule has 0 radical (unpaired) electrons. The van der Waals surface area contributed by atoms with Crippen LogP contribution in [0.3, 0.4) is 0 Å². The van der Waals surface area contributed by atoms with Gasteiger partial charge in [0.1, 0.15) is 5.75 Å². The average molecular weight is 259 g/mol. The summed E-state index contributed by atoms with van der Waals surface area (Å²) in [7, 11) is 1.96. The van der Waals surface area contributed by atoms with E-state index < -0.39 is 0 Å². The lowest BCUT2D eigenvalue weighted by Gasteiger charge is -2.09. The monoisotopic (exact) mass is 259 g/mol. The van der Waals surface area contributed by atoms with Gasteiger partial charge in [0.05, 0.1) is 18.0 Å². The molecule has 0 saturated carbocycles. The highest BCUT2D eigenvalue weighted by Gasteiger charge is 2.09. The predicted molar refractivity (Wildman–Crippen MR) is 77.3 cm³/mol. The van der Waals surface area contributed by atoms with Crippen molar-refractivity contribution in [3.8, 4) is 17.0 Å². The van der Waals surface area contributed by atoms with Crippen LogP contribution < -0.4 is 10.5 Å². The molecule has 0 amide bonds. The fourth-order valence-electron chi connectivity index (χ4n) is 2.19. The van der Waals surface area contributed by atoms with E-state index >= 15 is 0 Å². The van der Waals surface area contributed by atoms with Crippen LogP contribution in [0.1, 0.15) is 18.2 Å². The third-order valence-electron chi connectivity index (χ3n) is 3.10.